The summed E-state index contributed by atoms with van der Waals surface area (Å²) in [4.78, 5) is 2.15. The van der Waals surface area contributed by atoms with E-state index >= 15 is 0 Å². The molecule has 1 rings (SSSR count). The van der Waals surface area contributed by atoms with Crippen LogP contribution in [-0.4, -0.2) is 37.7 Å². The van der Waals surface area contributed by atoms with Crippen LogP contribution >= 0.6 is 0 Å². The van der Waals surface area contributed by atoms with Crippen LogP contribution in [0.5, 0.6) is 5.75 Å². The maximum Gasteiger partial charge on any atom is 0.144 e. The standard InChI is InChI=1S/C14H25N3O/c1-10(2)18-14-8-12(6-7-13(14)15)16-11(3)9-17(4)5/h6-8,10-11,16H,9,15H2,1-5H3. The number of ether oxygens (including phenoxy) is 1. The summed E-state index contributed by atoms with van der Waals surface area (Å²) in [5.41, 5.74) is 7.60. The largest absolute Gasteiger partial charge is 0.489 e. The second-order valence-electron chi connectivity index (χ2n) is 5.23. The van der Waals surface area contributed by atoms with Crippen LogP contribution in [0.15, 0.2) is 18.2 Å². The van der Waals surface area contributed by atoms with Gasteiger partial charge >= 0.3 is 0 Å². The van der Waals surface area contributed by atoms with Crippen LogP contribution in [0.1, 0.15) is 20.8 Å². The van der Waals surface area contributed by atoms with Crippen molar-refractivity contribution < 1.29 is 4.74 Å². The molecule has 0 fully saturated rings. The monoisotopic (exact) mass is 251 g/mol. The van der Waals surface area contributed by atoms with Gasteiger partial charge in [-0.25, -0.2) is 0 Å². The van der Waals surface area contributed by atoms with E-state index in [0.29, 0.717) is 11.7 Å². The van der Waals surface area contributed by atoms with Crippen LogP contribution < -0.4 is 15.8 Å². The van der Waals surface area contributed by atoms with Crippen molar-refractivity contribution >= 4 is 11.4 Å². The number of rotatable bonds is 6. The average Bonchev–Trinajstić information content (AvgIpc) is 2.21. The summed E-state index contributed by atoms with van der Waals surface area (Å²) in [6, 6.07) is 6.19. The van der Waals surface area contributed by atoms with Gasteiger partial charge in [-0.1, -0.05) is 0 Å². The van der Waals surface area contributed by atoms with Crippen molar-refractivity contribution in [1.29, 1.82) is 0 Å². The molecule has 0 aliphatic heterocycles. The molecule has 1 aromatic rings. The van der Waals surface area contributed by atoms with Crippen molar-refractivity contribution in [2.75, 3.05) is 31.7 Å². The first-order chi connectivity index (χ1) is 8.38. The Bertz CT molecular complexity index is 377. The predicted octanol–water partition coefficient (Wildman–Crippen LogP) is 2.42. The van der Waals surface area contributed by atoms with Crippen molar-refractivity contribution in [3.05, 3.63) is 18.2 Å². The van der Waals surface area contributed by atoms with E-state index in [1.54, 1.807) is 0 Å². The Hall–Kier alpha value is -1.42. The second-order valence-corrected chi connectivity index (χ2v) is 5.23. The van der Waals surface area contributed by atoms with Crippen molar-refractivity contribution in [2.45, 2.75) is 32.9 Å². The molecule has 1 atom stereocenters. The van der Waals surface area contributed by atoms with Gasteiger partial charge in [0.2, 0.25) is 0 Å². The van der Waals surface area contributed by atoms with Gasteiger partial charge in [0.05, 0.1) is 11.8 Å². The first-order valence-electron chi connectivity index (χ1n) is 6.36. The van der Waals surface area contributed by atoms with Crippen molar-refractivity contribution in [3.8, 4) is 5.75 Å². The van der Waals surface area contributed by atoms with E-state index in [1.807, 2.05) is 32.0 Å². The fourth-order valence-corrected chi connectivity index (χ4v) is 1.86. The van der Waals surface area contributed by atoms with Gasteiger partial charge in [0.25, 0.3) is 0 Å². The van der Waals surface area contributed by atoms with E-state index in [1.165, 1.54) is 0 Å². The van der Waals surface area contributed by atoms with Gasteiger partial charge in [0, 0.05) is 24.3 Å². The third-order valence-corrected chi connectivity index (χ3v) is 2.43. The molecule has 4 heteroatoms. The number of hydrogen-bond donors (Lipinski definition) is 2. The number of nitrogen functional groups attached to an aromatic ring is 1. The Balaban J connectivity index is 2.72. The maximum atomic E-state index is 5.89. The average molecular weight is 251 g/mol. The minimum absolute atomic E-state index is 0.127. The predicted molar refractivity (Wildman–Crippen MR) is 78.3 cm³/mol. The molecule has 102 valence electrons. The Morgan fingerprint density at radius 1 is 1.28 bits per heavy atom. The van der Waals surface area contributed by atoms with Crippen LogP contribution in [0.25, 0.3) is 0 Å². The Morgan fingerprint density at radius 2 is 1.94 bits per heavy atom. The topological polar surface area (TPSA) is 50.5 Å². The number of likely N-dealkylation sites (N-methyl/N-ethyl adjacent to an activating group) is 1. The Kier molecular flexibility index (Phi) is 5.28. The molecule has 0 aliphatic rings. The van der Waals surface area contributed by atoms with Gasteiger partial charge in [-0.05, 0) is 47.0 Å². The lowest BCUT2D eigenvalue weighted by molar-refractivity contribution is 0.244. The molecule has 0 aliphatic carbocycles. The van der Waals surface area contributed by atoms with Gasteiger partial charge in [0.1, 0.15) is 5.75 Å². The zero-order chi connectivity index (χ0) is 13.7. The quantitative estimate of drug-likeness (QED) is 0.762. The molecule has 0 spiro atoms. The summed E-state index contributed by atoms with van der Waals surface area (Å²) in [6.45, 7) is 7.12. The normalized spacial score (nSPS) is 12.8. The number of benzene rings is 1. The number of hydrogen-bond acceptors (Lipinski definition) is 4. The van der Waals surface area contributed by atoms with E-state index in [0.717, 1.165) is 18.0 Å². The molecule has 4 nitrogen and oxygen atoms in total. The molecule has 18 heavy (non-hydrogen) atoms. The van der Waals surface area contributed by atoms with Crippen LogP contribution in [0.4, 0.5) is 11.4 Å². The molecule has 0 saturated heterocycles. The third-order valence-electron chi connectivity index (χ3n) is 2.43. The molecular formula is C14H25N3O. The summed E-state index contributed by atoms with van der Waals surface area (Å²) in [7, 11) is 4.13. The Labute approximate surface area is 110 Å². The molecule has 0 heterocycles. The van der Waals surface area contributed by atoms with Crippen LogP contribution in [0.3, 0.4) is 0 Å². The fraction of sp³-hybridized carbons (Fsp3) is 0.571. The molecule has 3 N–H and O–H groups in total. The maximum absolute atomic E-state index is 5.89. The first kappa shape index (κ1) is 14.6. The number of nitrogens with two attached hydrogens (primary N) is 1. The van der Waals surface area contributed by atoms with Gasteiger partial charge < -0.3 is 20.7 Å². The highest BCUT2D eigenvalue weighted by atomic mass is 16.5. The van der Waals surface area contributed by atoms with Gasteiger partial charge in [-0.3, -0.25) is 0 Å². The number of nitrogens with zero attached hydrogens (tertiary/aromatic N) is 1. The highest BCUT2D eigenvalue weighted by Crippen LogP contribution is 2.26. The molecular weight excluding hydrogens is 226 g/mol. The van der Waals surface area contributed by atoms with Gasteiger partial charge in [-0.2, -0.15) is 0 Å². The van der Waals surface area contributed by atoms with Crippen LogP contribution in [0, 0.1) is 0 Å². The number of nitrogens with one attached hydrogen (secondary N) is 1. The lowest BCUT2D eigenvalue weighted by atomic mass is 10.2. The zero-order valence-corrected chi connectivity index (χ0v) is 12.0. The summed E-state index contributed by atoms with van der Waals surface area (Å²) >= 11 is 0. The lowest BCUT2D eigenvalue weighted by Crippen LogP contribution is -2.29. The molecule has 1 aromatic carbocycles. The molecule has 1 unspecified atom stereocenters. The van der Waals surface area contributed by atoms with Crippen molar-refractivity contribution in [3.63, 3.8) is 0 Å². The van der Waals surface area contributed by atoms with E-state index in [-0.39, 0.29) is 6.10 Å². The fourth-order valence-electron chi connectivity index (χ4n) is 1.86. The molecule has 0 bridgehead atoms. The molecule has 0 radical (unpaired) electrons. The van der Waals surface area contributed by atoms with E-state index < -0.39 is 0 Å². The zero-order valence-electron chi connectivity index (χ0n) is 12.0. The second kappa shape index (κ2) is 6.50. The molecule has 0 saturated carbocycles. The van der Waals surface area contributed by atoms with Crippen molar-refractivity contribution in [2.24, 2.45) is 0 Å². The Morgan fingerprint density at radius 3 is 2.50 bits per heavy atom. The number of anilines is 2. The first-order valence-corrected chi connectivity index (χ1v) is 6.36. The molecule has 0 aromatic heterocycles. The van der Waals surface area contributed by atoms with Crippen molar-refractivity contribution in [1.82, 2.24) is 4.90 Å². The SMILES string of the molecule is CC(CN(C)C)Nc1ccc(N)c(OC(C)C)c1. The van der Waals surface area contributed by atoms with E-state index in [2.05, 4.69) is 31.2 Å². The van der Waals surface area contributed by atoms with Crippen LogP contribution in [0.2, 0.25) is 0 Å². The summed E-state index contributed by atoms with van der Waals surface area (Å²) < 4.78 is 5.67. The smallest absolute Gasteiger partial charge is 0.144 e. The summed E-state index contributed by atoms with van der Waals surface area (Å²) in [6.07, 6.45) is 0.127. The minimum atomic E-state index is 0.127. The molecule has 0 amide bonds. The van der Waals surface area contributed by atoms with Gasteiger partial charge in [-0.15, -0.1) is 0 Å². The summed E-state index contributed by atoms with van der Waals surface area (Å²) in [5.74, 6) is 0.743. The van der Waals surface area contributed by atoms with E-state index in [4.69, 9.17) is 10.5 Å². The third kappa shape index (κ3) is 4.84. The summed E-state index contributed by atoms with van der Waals surface area (Å²) in [5, 5.41) is 3.44. The van der Waals surface area contributed by atoms with Crippen LogP contribution in [-0.2, 0) is 0 Å². The lowest BCUT2D eigenvalue weighted by Gasteiger charge is -2.20. The minimum Gasteiger partial charge on any atom is -0.489 e. The highest BCUT2D eigenvalue weighted by Gasteiger charge is 2.07. The van der Waals surface area contributed by atoms with Gasteiger partial charge in [0.15, 0.2) is 0 Å². The van der Waals surface area contributed by atoms with E-state index in [9.17, 15) is 0 Å². The highest BCUT2D eigenvalue weighted by molar-refractivity contribution is 5.61.